The summed E-state index contributed by atoms with van der Waals surface area (Å²) in [4.78, 5) is 59.1. The molecule has 316 valence electrons. The van der Waals surface area contributed by atoms with E-state index in [4.69, 9.17) is 26.1 Å². The number of thioether (sulfide) groups is 1. The van der Waals surface area contributed by atoms with E-state index in [1.165, 1.54) is 23.0 Å². The summed E-state index contributed by atoms with van der Waals surface area (Å²) in [6, 6.07) is 19.0. The number of carbonyl (C=O) groups is 2. The number of fused-ring (bicyclic) bond motifs is 2. The van der Waals surface area contributed by atoms with Crippen molar-refractivity contribution < 1.29 is 32.2 Å². The third kappa shape index (κ3) is 9.06. The van der Waals surface area contributed by atoms with Gasteiger partial charge in [-0.15, -0.1) is 5.10 Å². The first kappa shape index (κ1) is 41.7. The van der Waals surface area contributed by atoms with Crippen molar-refractivity contribution >= 4 is 52.3 Å². The number of piperazine rings is 1. The molecule has 14 nitrogen and oxygen atoms in total. The van der Waals surface area contributed by atoms with Gasteiger partial charge < -0.3 is 29.2 Å². The first-order valence-electron chi connectivity index (χ1n) is 19.5. The van der Waals surface area contributed by atoms with Gasteiger partial charge >= 0.3 is 5.51 Å². The Labute approximate surface area is 356 Å². The number of hydrogen-bond acceptors (Lipinski definition) is 11. The normalized spacial score (nSPS) is 14.3. The van der Waals surface area contributed by atoms with Crippen molar-refractivity contribution in [1.29, 1.82) is 0 Å². The molecule has 0 spiro atoms. The van der Waals surface area contributed by atoms with Crippen LogP contribution in [-0.2, 0) is 42.1 Å². The first-order valence-corrected chi connectivity index (χ1v) is 20.7. The molecule has 2 amide bonds. The van der Waals surface area contributed by atoms with E-state index in [0.29, 0.717) is 54.4 Å². The number of alkyl halides is 3. The first-order chi connectivity index (χ1) is 29.4. The average Bonchev–Trinajstić information content (AvgIpc) is 3.71. The van der Waals surface area contributed by atoms with Crippen LogP contribution < -0.4 is 20.5 Å². The van der Waals surface area contributed by atoms with Gasteiger partial charge in [0.15, 0.2) is 17.3 Å². The second-order valence-electron chi connectivity index (χ2n) is 14.4. The summed E-state index contributed by atoms with van der Waals surface area (Å²) < 4.78 is 53.5. The van der Waals surface area contributed by atoms with Crippen molar-refractivity contribution in [3.05, 3.63) is 122 Å². The minimum Gasteiger partial charge on any atom is -0.485 e. The lowest BCUT2D eigenvalue weighted by Gasteiger charge is -2.36. The smallest absolute Gasteiger partial charge is 0.446 e. The number of hydrogen-bond donors (Lipinski definition) is 1. The van der Waals surface area contributed by atoms with Gasteiger partial charge in [0.2, 0.25) is 11.7 Å². The Morgan fingerprint density at radius 3 is 2.52 bits per heavy atom. The van der Waals surface area contributed by atoms with Gasteiger partial charge in [-0.1, -0.05) is 61.0 Å². The Hall–Kier alpha value is -5.98. The van der Waals surface area contributed by atoms with E-state index in [0.717, 1.165) is 22.8 Å². The average molecular weight is 874 g/mol. The number of anilines is 2. The van der Waals surface area contributed by atoms with E-state index in [1.807, 2.05) is 60.4 Å². The van der Waals surface area contributed by atoms with Crippen molar-refractivity contribution in [1.82, 2.24) is 34.0 Å². The SMILES string of the molecule is CCc1c(N2CCN(C(=O)c3ncnc(C)c3OCc3ccccc3)CC2)c(=O)n2nc(-c3ccc4c(c3)CCOC4)nc2n1CC(=O)Nc1ccc(SC(F)(F)F)cc1Cl. The van der Waals surface area contributed by atoms with E-state index in [-0.39, 0.29) is 89.9 Å². The van der Waals surface area contributed by atoms with Crippen LogP contribution in [0.25, 0.3) is 17.2 Å². The van der Waals surface area contributed by atoms with Crippen LogP contribution in [0, 0.1) is 6.92 Å². The zero-order valence-corrected chi connectivity index (χ0v) is 34.6. The minimum atomic E-state index is -4.51. The molecule has 0 aliphatic carbocycles. The third-order valence-electron chi connectivity index (χ3n) is 10.4. The number of halogens is 4. The standard InChI is InChI=1S/C42H39ClF3N9O5S/c1-3-33-36(52-14-16-53(17-15-52)39(57)35-37(25(2)47-24-48-35)60-22-26-7-5-4-6-8-26)40(58)55-41(50-38(51-55)28-9-10-29-23-59-18-13-27(29)19-28)54(33)21-34(56)49-32-12-11-30(20-31(32)43)61-42(44,45)46/h4-12,19-20,24H,3,13-18,21-23H2,1-2H3,(H,49,56). The van der Waals surface area contributed by atoms with Crippen LogP contribution >= 0.6 is 23.4 Å². The monoisotopic (exact) mass is 873 g/mol. The van der Waals surface area contributed by atoms with Gasteiger partial charge in [0.05, 0.1) is 35.3 Å². The molecule has 0 atom stereocenters. The Morgan fingerprint density at radius 2 is 1.79 bits per heavy atom. The van der Waals surface area contributed by atoms with E-state index in [2.05, 4.69) is 20.4 Å². The van der Waals surface area contributed by atoms with Crippen LogP contribution in [0.3, 0.4) is 0 Å². The Kier molecular flexibility index (Phi) is 12.0. The highest BCUT2D eigenvalue weighted by molar-refractivity contribution is 8.00. The molecule has 6 aromatic rings. The Bertz CT molecular complexity index is 2690. The molecular weight excluding hydrogens is 835 g/mol. The highest BCUT2D eigenvalue weighted by Gasteiger charge is 2.32. The fraction of sp³-hybridized carbons (Fsp3) is 0.310. The van der Waals surface area contributed by atoms with E-state index in [1.54, 1.807) is 16.4 Å². The molecular formula is C42H39ClF3N9O5S. The maximum absolute atomic E-state index is 14.6. The number of aryl methyl sites for hydroxylation is 1. The van der Waals surface area contributed by atoms with Gasteiger partial charge in [-0.05, 0) is 72.5 Å². The highest BCUT2D eigenvalue weighted by atomic mass is 35.5. The second kappa shape index (κ2) is 17.6. The topological polar surface area (TPSA) is 149 Å². The van der Waals surface area contributed by atoms with Gasteiger partial charge in [0.1, 0.15) is 25.2 Å². The molecule has 61 heavy (non-hydrogen) atoms. The summed E-state index contributed by atoms with van der Waals surface area (Å²) in [5.41, 5.74) is 0.354. The molecule has 8 rings (SSSR count). The summed E-state index contributed by atoms with van der Waals surface area (Å²) >= 11 is 6.02. The molecule has 0 unspecified atom stereocenters. The van der Waals surface area contributed by atoms with Gasteiger partial charge in [-0.25, -0.2) is 9.97 Å². The molecule has 3 aromatic carbocycles. The molecule has 0 bridgehead atoms. The summed E-state index contributed by atoms with van der Waals surface area (Å²) in [6.45, 7) is 5.57. The third-order valence-corrected chi connectivity index (χ3v) is 11.5. The molecule has 19 heteroatoms. The van der Waals surface area contributed by atoms with Gasteiger partial charge in [-0.2, -0.15) is 22.7 Å². The molecule has 2 aliphatic heterocycles. The molecule has 0 saturated carbocycles. The van der Waals surface area contributed by atoms with E-state index < -0.39 is 17.0 Å². The second-order valence-corrected chi connectivity index (χ2v) is 15.9. The van der Waals surface area contributed by atoms with Crippen molar-refractivity contribution in [2.45, 2.75) is 56.9 Å². The summed E-state index contributed by atoms with van der Waals surface area (Å²) in [5.74, 6) is -0.208. The zero-order chi connectivity index (χ0) is 42.8. The van der Waals surface area contributed by atoms with Crippen molar-refractivity contribution in [2.75, 3.05) is 43.0 Å². The fourth-order valence-corrected chi connectivity index (χ4v) is 8.35. The number of benzene rings is 3. The molecule has 1 fully saturated rings. The summed E-state index contributed by atoms with van der Waals surface area (Å²) in [5, 5.41) is 7.31. The van der Waals surface area contributed by atoms with Crippen LogP contribution in [-0.4, -0.2) is 84.1 Å². The quantitative estimate of drug-likeness (QED) is 0.138. The lowest BCUT2D eigenvalue weighted by molar-refractivity contribution is -0.116. The molecule has 0 radical (unpaired) electrons. The van der Waals surface area contributed by atoms with Gasteiger partial charge in [0, 0.05) is 36.6 Å². The number of nitrogens with one attached hydrogen (secondary N) is 1. The number of amides is 2. The van der Waals surface area contributed by atoms with Crippen molar-refractivity contribution in [3.63, 3.8) is 0 Å². The Balaban J connectivity index is 1.10. The number of aromatic nitrogens is 6. The molecule has 1 saturated heterocycles. The predicted octanol–water partition coefficient (Wildman–Crippen LogP) is 6.74. The van der Waals surface area contributed by atoms with E-state index in [9.17, 15) is 27.6 Å². The maximum atomic E-state index is 14.6. The van der Waals surface area contributed by atoms with Crippen molar-refractivity contribution in [2.24, 2.45) is 0 Å². The summed E-state index contributed by atoms with van der Waals surface area (Å²) in [6.07, 6.45) is 2.34. The zero-order valence-electron chi connectivity index (χ0n) is 33.0. The predicted molar refractivity (Wildman–Crippen MR) is 223 cm³/mol. The molecule has 5 heterocycles. The lowest BCUT2D eigenvalue weighted by Crippen LogP contribution is -2.51. The van der Waals surface area contributed by atoms with Crippen LogP contribution in [0.5, 0.6) is 5.75 Å². The summed E-state index contributed by atoms with van der Waals surface area (Å²) in [7, 11) is 0. The van der Waals surface area contributed by atoms with Crippen LogP contribution in [0.1, 0.15) is 45.5 Å². The van der Waals surface area contributed by atoms with Crippen LogP contribution in [0.15, 0.2) is 82.7 Å². The Morgan fingerprint density at radius 1 is 1.00 bits per heavy atom. The number of ether oxygens (including phenoxy) is 2. The van der Waals surface area contributed by atoms with Crippen molar-refractivity contribution in [3.8, 4) is 17.1 Å². The van der Waals surface area contributed by atoms with Gasteiger partial charge in [0.25, 0.3) is 11.5 Å². The number of nitrogens with zero attached hydrogens (tertiary/aromatic N) is 8. The molecule has 3 aromatic heterocycles. The highest BCUT2D eigenvalue weighted by Crippen LogP contribution is 2.39. The lowest BCUT2D eigenvalue weighted by atomic mass is 10.0. The largest absolute Gasteiger partial charge is 0.485 e. The maximum Gasteiger partial charge on any atom is 0.446 e. The van der Waals surface area contributed by atoms with Gasteiger partial charge in [-0.3, -0.25) is 14.4 Å². The molecule has 2 aliphatic rings. The minimum absolute atomic E-state index is 0.0777. The van der Waals surface area contributed by atoms with Crippen LogP contribution in [0.4, 0.5) is 24.5 Å². The van der Waals surface area contributed by atoms with Crippen LogP contribution in [0.2, 0.25) is 5.02 Å². The van der Waals surface area contributed by atoms with E-state index >= 15 is 0 Å². The molecule has 1 N–H and O–H groups in total. The number of rotatable bonds is 11. The number of carbonyl (C=O) groups excluding carboxylic acids is 2. The fourth-order valence-electron chi connectivity index (χ4n) is 7.48.